The van der Waals surface area contributed by atoms with Gasteiger partial charge in [0, 0.05) is 24.1 Å². The summed E-state index contributed by atoms with van der Waals surface area (Å²) in [7, 11) is 0. The highest BCUT2D eigenvalue weighted by atomic mass is 32.1. The Labute approximate surface area is 126 Å². The molecule has 1 heterocycles. The first kappa shape index (κ1) is 17.0. The molecule has 2 unspecified atom stereocenters. The summed E-state index contributed by atoms with van der Waals surface area (Å²) in [5, 5.41) is 13.2. The van der Waals surface area contributed by atoms with Crippen LogP contribution in [0.2, 0.25) is 0 Å². The molecule has 1 aromatic rings. The normalized spacial score (nSPS) is 13.2. The number of nitrogens with zero attached hydrogens (tertiary/aromatic N) is 1. The number of aromatic nitrogens is 2. The lowest BCUT2D eigenvalue weighted by atomic mass is 10.1. The average molecular weight is 315 g/mol. The van der Waals surface area contributed by atoms with Crippen molar-refractivity contribution in [2.24, 2.45) is 5.73 Å². The maximum absolute atomic E-state index is 11.9. The molecular weight excluding hydrogens is 298 g/mol. The molecular formula is C11H17N5O4S. The highest BCUT2D eigenvalue weighted by Gasteiger charge is 2.24. The zero-order chi connectivity index (χ0) is 15.8. The van der Waals surface area contributed by atoms with E-state index in [-0.39, 0.29) is 12.2 Å². The van der Waals surface area contributed by atoms with E-state index < -0.39 is 36.4 Å². The number of hydrogen-bond donors (Lipinski definition) is 6. The Kier molecular flexibility index (Phi) is 6.69. The maximum atomic E-state index is 11.9. The number of nitrogens with two attached hydrogens (primary N) is 1. The summed E-state index contributed by atoms with van der Waals surface area (Å²) in [4.78, 5) is 40.8. The predicted molar refractivity (Wildman–Crippen MR) is 76.7 cm³/mol. The van der Waals surface area contributed by atoms with Gasteiger partial charge in [-0.15, -0.1) is 0 Å². The van der Waals surface area contributed by atoms with Crippen molar-refractivity contribution in [3.05, 3.63) is 18.2 Å². The molecule has 1 aromatic heterocycles. The van der Waals surface area contributed by atoms with Gasteiger partial charge in [0.1, 0.15) is 12.6 Å². The Morgan fingerprint density at radius 2 is 2.14 bits per heavy atom. The van der Waals surface area contributed by atoms with E-state index in [4.69, 9.17) is 10.8 Å². The number of imidazole rings is 1. The summed E-state index contributed by atoms with van der Waals surface area (Å²) in [5.74, 6) is -2.21. The molecule has 0 aliphatic heterocycles. The fraction of sp³-hybridized carbons (Fsp3) is 0.455. The minimum absolute atomic E-state index is 0.124. The van der Waals surface area contributed by atoms with E-state index in [1.807, 2.05) is 0 Å². The van der Waals surface area contributed by atoms with Crippen LogP contribution < -0.4 is 16.4 Å². The van der Waals surface area contributed by atoms with E-state index >= 15 is 0 Å². The van der Waals surface area contributed by atoms with Gasteiger partial charge in [-0.3, -0.25) is 14.4 Å². The smallest absolute Gasteiger partial charge is 0.322 e. The Bertz CT molecular complexity index is 493. The van der Waals surface area contributed by atoms with Crippen LogP contribution in [0.15, 0.2) is 12.5 Å². The second-order valence-corrected chi connectivity index (χ2v) is 4.61. The number of amides is 2. The van der Waals surface area contributed by atoms with Crippen molar-refractivity contribution >= 4 is 30.4 Å². The molecule has 9 nitrogen and oxygen atoms in total. The number of carboxylic acids is 1. The van der Waals surface area contributed by atoms with Crippen LogP contribution in [0.4, 0.5) is 0 Å². The first-order chi connectivity index (χ1) is 9.93. The molecule has 0 saturated heterocycles. The molecule has 0 aliphatic rings. The minimum atomic E-state index is -1.18. The monoisotopic (exact) mass is 315 g/mol. The maximum Gasteiger partial charge on any atom is 0.322 e. The highest BCUT2D eigenvalue weighted by molar-refractivity contribution is 7.80. The first-order valence-corrected chi connectivity index (χ1v) is 6.70. The second-order valence-electron chi connectivity index (χ2n) is 4.24. The van der Waals surface area contributed by atoms with Crippen molar-refractivity contribution in [3.63, 3.8) is 0 Å². The zero-order valence-corrected chi connectivity index (χ0v) is 12.0. The number of carbonyl (C=O) groups excluding carboxylic acids is 2. The van der Waals surface area contributed by atoms with Gasteiger partial charge in [-0.25, -0.2) is 4.98 Å². The van der Waals surface area contributed by atoms with Crippen LogP contribution in [-0.2, 0) is 20.8 Å². The number of H-pyrrole nitrogens is 1. The Morgan fingerprint density at radius 1 is 1.43 bits per heavy atom. The van der Waals surface area contributed by atoms with Gasteiger partial charge in [-0.2, -0.15) is 12.6 Å². The Hall–Kier alpha value is -2.07. The van der Waals surface area contributed by atoms with Gasteiger partial charge in [0.05, 0.1) is 12.4 Å². The molecule has 2 atom stereocenters. The number of thiol groups is 1. The largest absolute Gasteiger partial charge is 0.480 e. The lowest BCUT2D eigenvalue weighted by molar-refractivity contribution is -0.138. The fourth-order valence-electron chi connectivity index (χ4n) is 1.47. The van der Waals surface area contributed by atoms with Gasteiger partial charge >= 0.3 is 5.97 Å². The van der Waals surface area contributed by atoms with Crippen LogP contribution in [0.3, 0.4) is 0 Å². The zero-order valence-electron chi connectivity index (χ0n) is 11.1. The van der Waals surface area contributed by atoms with E-state index in [2.05, 4.69) is 33.2 Å². The third-order valence-electron chi connectivity index (χ3n) is 2.56. The molecule has 21 heavy (non-hydrogen) atoms. The summed E-state index contributed by atoms with van der Waals surface area (Å²) in [5.41, 5.74) is 6.14. The van der Waals surface area contributed by atoms with Crippen LogP contribution in [-0.4, -0.2) is 57.2 Å². The van der Waals surface area contributed by atoms with Crippen molar-refractivity contribution in [1.82, 2.24) is 20.6 Å². The van der Waals surface area contributed by atoms with Gasteiger partial charge in [0.25, 0.3) is 0 Å². The number of rotatable bonds is 8. The average Bonchev–Trinajstić information content (AvgIpc) is 2.95. The number of hydrogen-bond acceptors (Lipinski definition) is 6. The molecule has 1 rings (SSSR count). The van der Waals surface area contributed by atoms with Gasteiger partial charge < -0.3 is 26.5 Å². The van der Waals surface area contributed by atoms with E-state index in [0.717, 1.165) is 0 Å². The van der Waals surface area contributed by atoms with Crippen molar-refractivity contribution in [2.45, 2.75) is 18.5 Å². The van der Waals surface area contributed by atoms with Crippen LogP contribution in [0.25, 0.3) is 0 Å². The Balaban J connectivity index is 2.71. The van der Waals surface area contributed by atoms with Gasteiger partial charge in [-0.1, -0.05) is 0 Å². The number of carbonyl (C=O) groups is 3. The van der Waals surface area contributed by atoms with E-state index in [1.54, 1.807) is 0 Å². The molecule has 10 heteroatoms. The lowest BCUT2D eigenvalue weighted by Gasteiger charge is -2.19. The first-order valence-electron chi connectivity index (χ1n) is 6.07. The van der Waals surface area contributed by atoms with Gasteiger partial charge in [0.15, 0.2) is 0 Å². The van der Waals surface area contributed by atoms with Crippen LogP contribution in [0.1, 0.15) is 5.69 Å². The molecule has 2 amide bonds. The molecule has 0 spiro atoms. The molecule has 0 aromatic carbocycles. The molecule has 6 N–H and O–H groups in total. The van der Waals surface area contributed by atoms with Crippen molar-refractivity contribution in [1.29, 1.82) is 0 Å². The van der Waals surface area contributed by atoms with Crippen LogP contribution in [0.5, 0.6) is 0 Å². The molecule has 116 valence electrons. The SMILES string of the molecule is NC(CS)C(=O)NC(Cc1cnc[nH]1)C(=O)NCC(=O)O. The summed E-state index contributed by atoms with van der Waals surface area (Å²) in [6, 6.07) is -1.81. The summed E-state index contributed by atoms with van der Waals surface area (Å²) >= 11 is 3.91. The van der Waals surface area contributed by atoms with Crippen LogP contribution >= 0.6 is 12.6 Å². The van der Waals surface area contributed by atoms with E-state index in [1.165, 1.54) is 12.5 Å². The van der Waals surface area contributed by atoms with Crippen LogP contribution in [0, 0.1) is 0 Å². The minimum Gasteiger partial charge on any atom is -0.480 e. The summed E-state index contributed by atoms with van der Waals surface area (Å²) in [6.07, 6.45) is 3.07. The Morgan fingerprint density at radius 3 is 2.67 bits per heavy atom. The standard InChI is InChI=1S/C11H17N5O4S/c12-7(4-21)10(19)16-8(1-6-2-13-5-15-6)11(20)14-3-9(17)18/h2,5,7-8,21H,1,3-4,12H2,(H,13,15)(H,14,20)(H,16,19)(H,17,18). The summed E-state index contributed by atoms with van der Waals surface area (Å²) < 4.78 is 0. The number of nitrogens with one attached hydrogen (secondary N) is 3. The van der Waals surface area contributed by atoms with Gasteiger partial charge in [0.2, 0.25) is 11.8 Å². The molecule has 0 saturated carbocycles. The fourth-order valence-corrected chi connectivity index (χ4v) is 1.64. The number of carboxylic acid groups (broad SMARTS) is 1. The number of aromatic amines is 1. The van der Waals surface area contributed by atoms with Gasteiger partial charge in [-0.05, 0) is 0 Å². The molecule has 0 aliphatic carbocycles. The summed E-state index contributed by atoms with van der Waals surface area (Å²) in [6.45, 7) is -0.535. The highest BCUT2D eigenvalue weighted by Crippen LogP contribution is 2.00. The van der Waals surface area contributed by atoms with E-state index in [0.29, 0.717) is 5.69 Å². The third-order valence-corrected chi connectivity index (χ3v) is 2.95. The molecule has 0 bridgehead atoms. The lowest BCUT2D eigenvalue weighted by Crippen LogP contribution is -2.53. The van der Waals surface area contributed by atoms with Crippen molar-refractivity contribution < 1.29 is 19.5 Å². The quantitative estimate of drug-likeness (QED) is 0.302. The molecule has 0 fully saturated rings. The third kappa shape index (κ3) is 5.83. The van der Waals surface area contributed by atoms with Crippen molar-refractivity contribution in [2.75, 3.05) is 12.3 Å². The predicted octanol–water partition coefficient (Wildman–Crippen LogP) is -2.11. The topological polar surface area (TPSA) is 150 Å². The van der Waals surface area contributed by atoms with E-state index in [9.17, 15) is 14.4 Å². The molecule has 0 radical (unpaired) electrons. The number of aliphatic carboxylic acids is 1. The van der Waals surface area contributed by atoms with Crippen molar-refractivity contribution in [3.8, 4) is 0 Å². The second kappa shape index (κ2) is 8.27.